The molecule has 0 spiro atoms. The van der Waals surface area contributed by atoms with Crippen molar-refractivity contribution in [2.45, 2.75) is 85.2 Å². The third kappa shape index (κ3) is 2.14. The lowest BCUT2D eigenvalue weighted by atomic mass is 9.46. The van der Waals surface area contributed by atoms with Gasteiger partial charge in [-0.05, 0) is 93.8 Å². The summed E-state index contributed by atoms with van der Waals surface area (Å²) in [5, 5.41) is 10.2. The van der Waals surface area contributed by atoms with E-state index in [0.717, 1.165) is 43.4 Å². The molecule has 0 aliphatic heterocycles. The van der Waals surface area contributed by atoms with E-state index in [4.69, 9.17) is 0 Å². The first-order valence-corrected chi connectivity index (χ1v) is 10.1. The van der Waals surface area contributed by atoms with Gasteiger partial charge in [-0.1, -0.05) is 25.0 Å². The Labute approximate surface area is 147 Å². The summed E-state index contributed by atoms with van der Waals surface area (Å²) < 4.78 is 0. The highest BCUT2D eigenvalue weighted by Gasteiger charge is 2.59. The molecule has 1 N–H and O–H groups in total. The Bertz CT molecular complexity index is 591. The van der Waals surface area contributed by atoms with Crippen molar-refractivity contribution in [2.24, 2.45) is 34.5 Å². The summed E-state index contributed by atoms with van der Waals surface area (Å²) >= 11 is 0. The number of Topliss-reactive ketones (excluding diaryl/α,β-unsaturated/α-hetero) is 1. The van der Waals surface area contributed by atoms with E-state index >= 15 is 0 Å². The summed E-state index contributed by atoms with van der Waals surface area (Å²) in [7, 11) is 0. The first-order valence-electron chi connectivity index (χ1n) is 10.1. The van der Waals surface area contributed by atoms with Crippen LogP contribution >= 0.6 is 0 Å². The van der Waals surface area contributed by atoms with E-state index in [1.165, 1.54) is 25.7 Å². The summed E-state index contributed by atoms with van der Waals surface area (Å²) in [6.07, 6.45) is 9.00. The fourth-order valence-electron chi connectivity index (χ4n) is 7.77. The Hall–Kier alpha value is -0.630. The average Bonchev–Trinajstić information content (AvgIpc) is 2.87. The van der Waals surface area contributed by atoms with Gasteiger partial charge in [-0.25, -0.2) is 0 Å². The second-order valence-electron chi connectivity index (χ2n) is 9.94. The highest BCUT2D eigenvalue weighted by molar-refractivity contribution is 5.79. The van der Waals surface area contributed by atoms with Crippen LogP contribution in [0.4, 0.5) is 0 Å². The van der Waals surface area contributed by atoms with Gasteiger partial charge in [0.15, 0.2) is 0 Å². The summed E-state index contributed by atoms with van der Waals surface area (Å²) in [6, 6.07) is 0. The zero-order chi connectivity index (χ0) is 17.3. The number of carbonyl (C=O) groups excluding carboxylic acids is 1. The molecule has 7 atom stereocenters. The van der Waals surface area contributed by atoms with Crippen molar-refractivity contribution >= 4 is 5.78 Å². The molecular weight excluding hydrogens is 296 g/mol. The Morgan fingerprint density at radius 1 is 1.04 bits per heavy atom. The molecule has 2 heteroatoms. The fraction of sp³-hybridized carbons (Fsp3) is 0.864. The number of carbonyl (C=O) groups is 1. The largest absolute Gasteiger partial charge is 0.393 e. The molecule has 0 radical (unpaired) electrons. The molecule has 3 fully saturated rings. The molecule has 0 aromatic heterocycles. The van der Waals surface area contributed by atoms with Gasteiger partial charge in [0.05, 0.1) is 6.10 Å². The van der Waals surface area contributed by atoms with Crippen molar-refractivity contribution in [1.82, 2.24) is 0 Å². The smallest absolute Gasteiger partial charge is 0.133 e. The number of ketones is 1. The Morgan fingerprint density at radius 2 is 1.79 bits per heavy atom. The van der Waals surface area contributed by atoms with Crippen LogP contribution in [-0.2, 0) is 4.79 Å². The summed E-state index contributed by atoms with van der Waals surface area (Å²) in [4.78, 5) is 12.2. The molecule has 4 aliphatic rings. The van der Waals surface area contributed by atoms with Crippen LogP contribution in [0.5, 0.6) is 0 Å². The van der Waals surface area contributed by atoms with Crippen molar-refractivity contribution in [2.75, 3.05) is 0 Å². The molecule has 4 rings (SSSR count). The van der Waals surface area contributed by atoms with E-state index in [2.05, 4.69) is 20.8 Å². The first-order chi connectivity index (χ1) is 11.3. The number of aliphatic hydroxyl groups excluding tert-OH is 1. The molecule has 0 bridgehead atoms. The lowest BCUT2D eigenvalue weighted by molar-refractivity contribution is -0.127. The maximum atomic E-state index is 12.2. The maximum Gasteiger partial charge on any atom is 0.133 e. The van der Waals surface area contributed by atoms with Crippen LogP contribution in [0.1, 0.15) is 79.1 Å². The molecule has 0 amide bonds. The predicted octanol–water partition coefficient (Wildman–Crippen LogP) is 4.91. The lowest BCUT2D eigenvalue weighted by Gasteiger charge is -2.58. The minimum Gasteiger partial charge on any atom is -0.393 e. The number of hydrogen-bond acceptors (Lipinski definition) is 2. The van der Waals surface area contributed by atoms with Gasteiger partial charge in [0.25, 0.3) is 0 Å². The average molecular weight is 331 g/mol. The Balaban J connectivity index is 1.71. The van der Waals surface area contributed by atoms with Crippen molar-refractivity contribution in [3.8, 4) is 0 Å². The zero-order valence-electron chi connectivity index (χ0n) is 15.9. The maximum absolute atomic E-state index is 12.2. The molecule has 3 saturated carbocycles. The lowest BCUT2D eigenvalue weighted by Crippen LogP contribution is -2.51. The number of rotatable bonds is 1. The number of aliphatic hydroxyl groups is 1. The van der Waals surface area contributed by atoms with Gasteiger partial charge in [0.2, 0.25) is 0 Å². The van der Waals surface area contributed by atoms with Crippen LogP contribution in [0.2, 0.25) is 0 Å². The van der Waals surface area contributed by atoms with Gasteiger partial charge < -0.3 is 5.11 Å². The number of allylic oxidation sites excluding steroid dienone is 1. The van der Waals surface area contributed by atoms with Crippen LogP contribution in [0.25, 0.3) is 0 Å². The highest BCUT2D eigenvalue weighted by Crippen LogP contribution is 2.67. The van der Waals surface area contributed by atoms with Gasteiger partial charge in [-0.15, -0.1) is 0 Å². The Kier molecular flexibility index (Phi) is 3.81. The summed E-state index contributed by atoms with van der Waals surface area (Å²) in [6.45, 7) is 9.06. The van der Waals surface area contributed by atoms with Crippen molar-refractivity contribution in [1.29, 1.82) is 0 Å². The molecule has 0 unspecified atom stereocenters. The van der Waals surface area contributed by atoms with Gasteiger partial charge >= 0.3 is 0 Å². The van der Waals surface area contributed by atoms with Crippen molar-refractivity contribution in [3.63, 3.8) is 0 Å². The monoisotopic (exact) mass is 330 g/mol. The second kappa shape index (κ2) is 5.43. The van der Waals surface area contributed by atoms with Crippen LogP contribution in [-0.4, -0.2) is 17.0 Å². The third-order valence-electron chi connectivity index (χ3n) is 8.93. The van der Waals surface area contributed by atoms with Gasteiger partial charge in [0, 0.05) is 5.92 Å². The second-order valence-corrected chi connectivity index (χ2v) is 9.94. The van der Waals surface area contributed by atoms with E-state index in [9.17, 15) is 9.90 Å². The van der Waals surface area contributed by atoms with E-state index in [-0.39, 0.29) is 11.5 Å². The first kappa shape index (κ1) is 16.8. The van der Waals surface area contributed by atoms with Crippen LogP contribution < -0.4 is 0 Å². The molecule has 0 saturated heterocycles. The zero-order valence-corrected chi connectivity index (χ0v) is 15.9. The van der Waals surface area contributed by atoms with Crippen molar-refractivity contribution < 1.29 is 9.90 Å². The minimum atomic E-state index is -0.123. The number of fused-ring (bicyclic) bond motifs is 5. The van der Waals surface area contributed by atoms with E-state index in [1.54, 1.807) is 11.1 Å². The molecule has 24 heavy (non-hydrogen) atoms. The third-order valence-corrected chi connectivity index (χ3v) is 8.93. The summed E-state index contributed by atoms with van der Waals surface area (Å²) in [5.41, 5.74) is 3.71. The molecule has 4 aliphatic carbocycles. The van der Waals surface area contributed by atoms with Crippen LogP contribution in [0.3, 0.4) is 0 Å². The van der Waals surface area contributed by atoms with Gasteiger partial charge in [-0.2, -0.15) is 0 Å². The predicted molar refractivity (Wildman–Crippen MR) is 96.5 cm³/mol. The molecule has 2 nitrogen and oxygen atoms in total. The van der Waals surface area contributed by atoms with E-state index < -0.39 is 0 Å². The normalized spacial score (nSPS) is 51.0. The molecular formula is C22H34O2. The summed E-state index contributed by atoms with van der Waals surface area (Å²) in [5.74, 6) is 2.99. The topological polar surface area (TPSA) is 37.3 Å². The molecule has 0 aromatic rings. The van der Waals surface area contributed by atoms with Crippen molar-refractivity contribution in [3.05, 3.63) is 11.1 Å². The van der Waals surface area contributed by atoms with Gasteiger partial charge in [0.1, 0.15) is 5.78 Å². The molecule has 134 valence electrons. The quantitative estimate of drug-likeness (QED) is 0.694. The molecule has 0 heterocycles. The van der Waals surface area contributed by atoms with Crippen LogP contribution in [0.15, 0.2) is 11.1 Å². The van der Waals surface area contributed by atoms with Crippen LogP contribution in [0, 0.1) is 34.5 Å². The minimum absolute atomic E-state index is 0.123. The van der Waals surface area contributed by atoms with Gasteiger partial charge in [-0.3, -0.25) is 4.79 Å². The van der Waals surface area contributed by atoms with E-state index in [1.807, 2.05) is 6.92 Å². The van der Waals surface area contributed by atoms with E-state index in [0.29, 0.717) is 17.1 Å². The highest BCUT2D eigenvalue weighted by atomic mass is 16.3. The fourth-order valence-corrected chi connectivity index (χ4v) is 7.77. The molecule has 0 aromatic carbocycles. The Morgan fingerprint density at radius 3 is 2.50 bits per heavy atom. The standard InChI is InChI=1S/C22H34O2/c1-13-11-16-18-6-5-17(14(2)23)21(18,3)10-8-19(16)22(4)9-7-15(24)12-20(13)22/h15-19,24H,5-12H2,1-4H3/t15-,16-,17+,18-,19-,21+,22+/m0/s1. The SMILES string of the molecule is CC(=O)[C@H]1CC[C@H]2[C@@H]3CC(C)=C4C[C@@H](O)CC[C@]4(C)[C@H]3CC[C@]12C. The number of hydrogen-bond donors (Lipinski definition) is 1.